The van der Waals surface area contributed by atoms with Crippen molar-refractivity contribution in [2.75, 3.05) is 6.61 Å². The number of carbonyl (C=O) groups is 4. The number of esters is 4. The predicted molar refractivity (Wildman–Crippen MR) is 168 cm³/mol. The Hall–Kier alpha value is -2.24. The molecule has 10 nitrogen and oxygen atoms in total. The molecule has 2 bridgehead atoms. The summed E-state index contributed by atoms with van der Waals surface area (Å²) in [5, 5.41) is 0. The minimum absolute atomic E-state index is 0.0375. The van der Waals surface area contributed by atoms with Crippen LogP contribution in [-0.2, 0) is 47.3 Å². The lowest BCUT2D eigenvalue weighted by molar-refractivity contribution is -0.232. The molecular formula is C34H54O10Si. The number of epoxide rings is 1. The second kappa shape index (κ2) is 12.8. The van der Waals surface area contributed by atoms with Gasteiger partial charge in [-0.3, -0.25) is 19.2 Å². The summed E-state index contributed by atoms with van der Waals surface area (Å²) in [6.45, 7) is 20.6. The minimum atomic E-state index is -2.14. The number of fused-ring (bicyclic) bond motifs is 4. The molecule has 254 valence electrons. The molecule has 0 aromatic carbocycles. The van der Waals surface area contributed by atoms with E-state index in [2.05, 4.69) is 34.6 Å². The van der Waals surface area contributed by atoms with Crippen LogP contribution in [0.25, 0.3) is 0 Å². The molecule has 1 heterocycles. The van der Waals surface area contributed by atoms with Gasteiger partial charge < -0.3 is 28.1 Å². The Kier molecular flexibility index (Phi) is 10.1. The van der Waals surface area contributed by atoms with Crippen LogP contribution in [0.5, 0.6) is 0 Å². The maximum absolute atomic E-state index is 13.0. The highest BCUT2D eigenvalue weighted by atomic mass is 28.4. The van der Waals surface area contributed by atoms with E-state index in [4.69, 9.17) is 28.1 Å². The SMILES string of the molecule is CC[Si](CC)(CC)O[C@H]1C[C@H](OC(C)=O)[C@]2(C)[C@H](C[C@@H]3C[C@H](OC(C)=O)C(C)=C([C@@H](OC(C)=O)[C@@H]2OC(C)=O)C3(C)C)[C@@]12CO2. The molecular weight excluding hydrogens is 596 g/mol. The average Bonchev–Trinajstić information content (AvgIpc) is 3.73. The summed E-state index contributed by atoms with van der Waals surface area (Å²) in [4.78, 5) is 50.9. The normalized spacial score (nSPS) is 37.1. The summed E-state index contributed by atoms with van der Waals surface area (Å²) in [7, 11) is -2.14. The molecule has 1 aliphatic heterocycles. The monoisotopic (exact) mass is 650 g/mol. The van der Waals surface area contributed by atoms with Crippen molar-refractivity contribution in [3.8, 4) is 0 Å². The average molecular weight is 651 g/mol. The lowest BCUT2D eigenvalue weighted by Gasteiger charge is -2.61. The third-order valence-corrected chi connectivity index (χ3v) is 16.5. The summed E-state index contributed by atoms with van der Waals surface area (Å²) >= 11 is 0. The molecule has 3 fully saturated rings. The van der Waals surface area contributed by atoms with Gasteiger partial charge in [-0.15, -0.1) is 0 Å². The molecule has 0 aromatic heterocycles. The molecule has 0 aromatic rings. The Morgan fingerprint density at radius 2 is 1.31 bits per heavy atom. The van der Waals surface area contributed by atoms with E-state index in [1.54, 1.807) is 0 Å². The summed E-state index contributed by atoms with van der Waals surface area (Å²) in [5.74, 6) is -2.28. The summed E-state index contributed by atoms with van der Waals surface area (Å²) in [5.41, 5.74) is -0.706. The van der Waals surface area contributed by atoms with Crippen LogP contribution in [0.15, 0.2) is 11.1 Å². The molecule has 2 saturated carbocycles. The van der Waals surface area contributed by atoms with Crippen LogP contribution in [0.4, 0.5) is 0 Å². The quantitative estimate of drug-likeness (QED) is 0.101. The molecule has 0 unspecified atom stereocenters. The molecule has 1 saturated heterocycles. The predicted octanol–water partition coefficient (Wildman–Crippen LogP) is 5.67. The highest BCUT2D eigenvalue weighted by Gasteiger charge is 2.74. The molecule has 0 amide bonds. The zero-order valence-corrected chi connectivity index (χ0v) is 30.1. The number of ether oxygens (including phenoxy) is 5. The van der Waals surface area contributed by atoms with Gasteiger partial charge in [-0.25, -0.2) is 0 Å². The smallest absolute Gasteiger partial charge is 0.303 e. The maximum Gasteiger partial charge on any atom is 0.303 e. The van der Waals surface area contributed by atoms with Crippen molar-refractivity contribution in [1.29, 1.82) is 0 Å². The summed E-state index contributed by atoms with van der Waals surface area (Å²) < 4.78 is 38.2. The van der Waals surface area contributed by atoms with E-state index in [9.17, 15) is 19.2 Å². The Morgan fingerprint density at radius 1 is 0.778 bits per heavy atom. The van der Waals surface area contributed by atoms with Crippen LogP contribution in [0.2, 0.25) is 18.1 Å². The Labute approximate surface area is 269 Å². The maximum atomic E-state index is 13.0. The highest BCUT2D eigenvalue weighted by molar-refractivity contribution is 6.73. The lowest BCUT2D eigenvalue weighted by Crippen LogP contribution is -2.69. The highest BCUT2D eigenvalue weighted by Crippen LogP contribution is 2.65. The van der Waals surface area contributed by atoms with Gasteiger partial charge in [-0.05, 0) is 60.4 Å². The zero-order valence-electron chi connectivity index (χ0n) is 29.1. The number of hydrogen-bond donors (Lipinski definition) is 0. The van der Waals surface area contributed by atoms with Crippen molar-refractivity contribution in [2.24, 2.45) is 22.7 Å². The Balaban J connectivity index is 2.02. The van der Waals surface area contributed by atoms with Gasteiger partial charge in [0.25, 0.3) is 0 Å². The molecule has 4 aliphatic rings. The van der Waals surface area contributed by atoms with Gasteiger partial charge in [0.1, 0.15) is 17.8 Å². The van der Waals surface area contributed by atoms with Gasteiger partial charge >= 0.3 is 23.9 Å². The van der Waals surface area contributed by atoms with Crippen molar-refractivity contribution < 1.29 is 47.3 Å². The first-order valence-corrected chi connectivity index (χ1v) is 19.2. The first-order valence-electron chi connectivity index (χ1n) is 16.6. The minimum Gasteiger partial charge on any atom is -0.462 e. The van der Waals surface area contributed by atoms with Crippen molar-refractivity contribution >= 4 is 32.2 Å². The molecule has 3 aliphatic carbocycles. The van der Waals surface area contributed by atoms with Crippen LogP contribution < -0.4 is 0 Å². The topological polar surface area (TPSA) is 127 Å². The van der Waals surface area contributed by atoms with E-state index in [0.717, 1.165) is 29.3 Å². The number of rotatable bonds is 9. The van der Waals surface area contributed by atoms with Gasteiger partial charge in [-0.1, -0.05) is 41.5 Å². The first-order chi connectivity index (χ1) is 20.9. The summed E-state index contributed by atoms with van der Waals surface area (Å²) in [6.07, 6.45) is -2.08. The molecule has 1 spiro atoms. The number of hydrogen-bond acceptors (Lipinski definition) is 10. The largest absolute Gasteiger partial charge is 0.462 e. The first kappa shape index (κ1) is 35.6. The third kappa shape index (κ3) is 6.25. The van der Waals surface area contributed by atoms with Crippen molar-refractivity contribution in [1.82, 2.24) is 0 Å². The van der Waals surface area contributed by atoms with Crippen molar-refractivity contribution in [3.63, 3.8) is 0 Å². The van der Waals surface area contributed by atoms with E-state index >= 15 is 0 Å². The van der Waals surface area contributed by atoms with E-state index < -0.39 is 73.0 Å². The molecule has 0 radical (unpaired) electrons. The second-order valence-electron chi connectivity index (χ2n) is 14.5. The fourth-order valence-corrected chi connectivity index (χ4v) is 12.0. The fourth-order valence-electron chi connectivity index (χ4n) is 9.13. The van der Waals surface area contributed by atoms with Gasteiger partial charge in [0.15, 0.2) is 20.5 Å². The molecule has 0 N–H and O–H groups in total. The molecule has 11 heteroatoms. The molecule has 45 heavy (non-hydrogen) atoms. The molecule has 9 atom stereocenters. The van der Waals surface area contributed by atoms with Crippen LogP contribution in [-0.4, -0.2) is 74.9 Å². The van der Waals surface area contributed by atoms with E-state index in [1.807, 2.05) is 13.8 Å². The van der Waals surface area contributed by atoms with E-state index in [0.29, 0.717) is 25.9 Å². The number of carbonyl (C=O) groups excluding carboxylic acids is 4. The van der Waals surface area contributed by atoms with Crippen LogP contribution in [0, 0.1) is 22.7 Å². The third-order valence-electron chi connectivity index (χ3n) is 11.8. The van der Waals surface area contributed by atoms with Gasteiger partial charge in [0.2, 0.25) is 0 Å². The van der Waals surface area contributed by atoms with Crippen molar-refractivity contribution in [3.05, 3.63) is 11.1 Å². The van der Waals surface area contributed by atoms with Crippen LogP contribution in [0.1, 0.15) is 95.4 Å². The summed E-state index contributed by atoms with van der Waals surface area (Å²) in [6, 6.07) is 2.85. The van der Waals surface area contributed by atoms with Crippen LogP contribution in [0.3, 0.4) is 0 Å². The standard InChI is InChI=1S/C34H54O10Si/c1-12-45(13-2,14-3)44-28-17-27(41-21(6)36)33(11)26(34(28)18-39-34)16-24-15-25(40-20(5)35)19(4)29(32(24,9)10)30(42-22(7)37)31(33)43-23(8)38/h24-28,30-31H,12-18H2,1-11H3/t24-,25-,26-,27-,28-,30+,31-,33-,34-/m0/s1. The molecule has 4 rings (SSSR count). The van der Waals surface area contributed by atoms with E-state index in [-0.39, 0.29) is 17.9 Å². The van der Waals surface area contributed by atoms with Gasteiger partial charge in [-0.2, -0.15) is 0 Å². The Bertz CT molecular complexity index is 1210. The zero-order chi connectivity index (χ0) is 33.7. The van der Waals surface area contributed by atoms with E-state index in [1.165, 1.54) is 27.7 Å². The lowest BCUT2D eigenvalue weighted by atomic mass is 9.48. The van der Waals surface area contributed by atoms with Gasteiger partial charge in [0.05, 0.1) is 18.1 Å². The van der Waals surface area contributed by atoms with Crippen LogP contribution >= 0.6 is 0 Å². The van der Waals surface area contributed by atoms with Crippen molar-refractivity contribution in [2.45, 2.75) is 150 Å². The second-order valence-corrected chi connectivity index (χ2v) is 19.2. The fraction of sp³-hybridized carbons (Fsp3) is 0.824. The van der Waals surface area contributed by atoms with Gasteiger partial charge in [0, 0.05) is 40.0 Å². The Morgan fingerprint density at radius 3 is 1.78 bits per heavy atom.